The summed E-state index contributed by atoms with van der Waals surface area (Å²) in [4.78, 5) is 10.4. The van der Waals surface area contributed by atoms with Gasteiger partial charge in [-0.15, -0.1) is 0 Å². The van der Waals surface area contributed by atoms with Gasteiger partial charge in [-0.1, -0.05) is 0 Å². The number of hydrogen-bond donors (Lipinski definition) is 0. The fourth-order valence-electron chi connectivity index (χ4n) is 0.433. The summed E-state index contributed by atoms with van der Waals surface area (Å²) < 4.78 is 8.46. The molecule has 0 fully saturated rings. The molecule has 48 valence electrons. The first-order chi connectivity index (χ1) is 4.34. The van der Waals surface area contributed by atoms with E-state index in [2.05, 4.69) is 8.71 Å². The van der Waals surface area contributed by atoms with Crippen LogP contribution in [0.15, 0.2) is 22.8 Å². The number of halogens is 1. The van der Waals surface area contributed by atoms with Crippen LogP contribution in [0.1, 0.15) is 10.6 Å². The maximum absolute atomic E-state index is 10.4. The van der Waals surface area contributed by atoms with Crippen LogP contribution in [0.5, 0.6) is 0 Å². The molecule has 9 heavy (non-hydrogen) atoms. The van der Waals surface area contributed by atoms with Crippen LogP contribution in [0.25, 0.3) is 0 Å². The van der Waals surface area contributed by atoms with Gasteiger partial charge in [-0.25, -0.2) is 4.79 Å². The molecular weight excluding hydrogens is 144 g/mol. The highest BCUT2D eigenvalue weighted by molar-refractivity contribution is 6.15. The van der Waals surface area contributed by atoms with Gasteiger partial charge in [0.2, 0.25) is 5.76 Å². The lowest BCUT2D eigenvalue weighted by molar-refractivity contribution is 0.0718. The van der Waals surface area contributed by atoms with Gasteiger partial charge in [0, 0.05) is 0 Å². The Bertz CT molecular complexity index is 192. The van der Waals surface area contributed by atoms with Crippen molar-refractivity contribution in [2.24, 2.45) is 0 Å². The third-order valence-corrected chi connectivity index (χ3v) is 0.933. The van der Waals surface area contributed by atoms with Gasteiger partial charge in [0.05, 0.1) is 6.26 Å². The van der Waals surface area contributed by atoms with Gasteiger partial charge < -0.3 is 8.71 Å². The first-order valence-electron chi connectivity index (χ1n) is 2.21. The molecule has 0 aliphatic heterocycles. The minimum Gasteiger partial charge on any atom is -0.457 e. The van der Waals surface area contributed by atoms with Crippen molar-refractivity contribution in [1.29, 1.82) is 0 Å². The summed E-state index contributed by atoms with van der Waals surface area (Å²) >= 11 is 4.73. The highest BCUT2D eigenvalue weighted by Gasteiger charge is 2.07. The number of carbonyl (C=O) groups is 1. The molecule has 3 nitrogen and oxygen atoms in total. The van der Waals surface area contributed by atoms with Crippen molar-refractivity contribution in [2.75, 3.05) is 0 Å². The van der Waals surface area contributed by atoms with Crippen molar-refractivity contribution in [1.82, 2.24) is 0 Å². The number of hydrogen-bond acceptors (Lipinski definition) is 3. The number of furan rings is 1. The van der Waals surface area contributed by atoms with Gasteiger partial charge in [-0.2, -0.15) is 0 Å². The van der Waals surface area contributed by atoms with Gasteiger partial charge in [-0.3, -0.25) is 0 Å². The molecule has 0 amide bonds. The largest absolute Gasteiger partial charge is 0.457 e. The molecule has 0 unspecified atom stereocenters. The Balaban J connectivity index is 2.77. The second kappa shape index (κ2) is 2.55. The van der Waals surface area contributed by atoms with E-state index in [1.165, 1.54) is 12.3 Å². The molecule has 0 N–H and O–H groups in total. The Kier molecular flexibility index (Phi) is 1.75. The van der Waals surface area contributed by atoms with Crippen LogP contribution in [0, 0.1) is 0 Å². The van der Waals surface area contributed by atoms with Gasteiger partial charge in [0.25, 0.3) is 0 Å². The zero-order valence-corrected chi connectivity index (χ0v) is 5.09. The van der Waals surface area contributed by atoms with E-state index in [4.69, 9.17) is 11.9 Å². The fourth-order valence-corrected chi connectivity index (χ4v) is 0.509. The zero-order valence-electron chi connectivity index (χ0n) is 4.33. The molecule has 0 saturated carbocycles. The van der Waals surface area contributed by atoms with Gasteiger partial charge in [0.15, 0.2) is 0 Å². The lowest BCUT2D eigenvalue weighted by atomic mass is 10.5. The van der Waals surface area contributed by atoms with Crippen molar-refractivity contribution in [2.45, 2.75) is 0 Å². The van der Waals surface area contributed by atoms with Gasteiger partial charge in [0.1, 0.15) is 11.9 Å². The summed E-state index contributed by atoms with van der Waals surface area (Å²) in [5.41, 5.74) is 0. The molecule has 0 saturated heterocycles. The van der Waals surface area contributed by atoms with Crippen molar-refractivity contribution >= 4 is 17.8 Å². The Labute approximate surface area is 56.3 Å². The normalized spacial score (nSPS) is 9.00. The van der Waals surface area contributed by atoms with Crippen LogP contribution in [0.4, 0.5) is 0 Å². The summed E-state index contributed by atoms with van der Waals surface area (Å²) in [5, 5.41) is 0. The van der Waals surface area contributed by atoms with Crippen LogP contribution in [-0.4, -0.2) is 5.97 Å². The third-order valence-electron chi connectivity index (χ3n) is 0.792. The predicted octanol–water partition coefficient (Wildman–Crippen LogP) is 1.59. The van der Waals surface area contributed by atoms with E-state index in [-0.39, 0.29) is 5.76 Å². The number of rotatable bonds is 1. The summed E-state index contributed by atoms with van der Waals surface area (Å²) in [6.07, 6.45) is 1.36. The maximum atomic E-state index is 10.4. The van der Waals surface area contributed by atoms with Crippen molar-refractivity contribution in [3.63, 3.8) is 0 Å². The van der Waals surface area contributed by atoms with Crippen LogP contribution >= 0.6 is 11.9 Å². The molecule has 1 heterocycles. The Morgan fingerprint density at radius 3 is 3.00 bits per heavy atom. The molecule has 0 aromatic carbocycles. The minimum absolute atomic E-state index is 0.102. The smallest absolute Gasteiger partial charge is 0.392 e. The molecule has 1 aromatic rings. The first-order valence-corrected chi connectivity index (χ1v) is 2.52. The van der Waals surface area contributed by atoms with E-state index in [0.717, 1.165) is 0 Å². The average Bonchev–Trinajstić information content (AvgIpc) is 2.37. The van der Waals surface area contributed by atoms with E-state index in [1.807, 2.05) is 0 Å². The molecule has 1 aromatic heterocycles. The Morgan fingerprint density at radius 2 is 2.56 bits per heavy atom. The lowest BCUT2D eigenvalue weighted by Crippen LogP contribution is -1.93. The average molecular weight is 147 g/mol. The first kappa shape index (κ1) is 6.16. The number of carbonyl (C=O) groups excluding carboxylic acids is 1. The van der Waals surface area contributed by atoms with E-state index < -0.39 is 5.97 Å². The summed E-state index contributed by atoms with van der Waals surface area (Å²) in [6.45, 7) is 0. The van der Waals surface area contributed by atoms with Crippen molar-refractivity contribution in [3.8, 4) is 0 Å². The van der Waals surface area contributed by atoms with Crippen LogP contribution in [-0.2, 0) is 4.29 Å². The van der Waals surface area contributed by atoms with Gasteiger partial charge in [-0.05, 0) is 12.1 Å². The molecular formula is C5H3ClO3. The second-order valence-electron chi connectivity index (χ2n) is 1.34. The van der Waals surface area contributed by atoms with Gasteiger partial charge >= 0.3 is 5.97 Å². The van der Waals surface area contributed by atoms with Crippen molar-refractivity contribution < 1.29 is 13.5 Å². The standard InChI is InChI=1S/C5H3ClO3/c6-9-5(7)4-2-1-3-8-4/h1-3H. The highest BCUT2D eigenvalue weighted by atomic mass is 35.5. The molecule has 1 rings (SSSR count). The third kappa shape index (κ3) is 1.23. The fraction of sp³-hybridized carbons (Fsp3) is 0. The summed E-state index contributed by atoms with van der Waals surface area (Å²) in [5.74, 6) is -0.577. The Hall–Kier alpha value is -0.960. The van der Waals surface area contributed by atoms with E-state index in [1.54, 1.807) is 6.07 Å². The van der Waals surface area contributed by atoms with E-state index >= 15 is 0 Å². The molecule has 0 aliphatic rings. The van der Waals surface area contributed by atoms with E-state index in [0.29, 0.717) is 0 Å². The second-order valence-corrected chi connectivity index (χ2v) is 1.50. The molecule has 4 heteroatoms. The molecule has 0 radical (unpaired) electrons. The van der Waals surface area contributed by atoms with Crippen LogP contribution < -0.4 is 0 Å². The Morgan fingerprint density at radius 1 is 1.78 bits per heavy atom. The van der Waals surface area contributed by atoms with Crippen LogP contribution in [0.3, 0.4) is 0 Å². The zero-order chi connectivity index (χ0) is 6.69. The summed E-state index contributed by atoms with van der Waals surface area (Å²) in [6, 6.07) is 3.04. The molecule has 0 bridgehead atoms. The quantitative estimate of drug-likeness (QED) is 0.604. The summed E-state index contributed by atoms with van der Waals surface area (Å²) in [7, 11) is 0. The SMILES string of the molecule is O=C(OCl)c1ccco1. The molecule has 0 aliphatic carbocycles. The highest BCUT2D eigenvalue weighted by Crippen LogP contribution is 2.02. The predicted molar refractivity (Wildman–Crippen MR) is 30.0 cm³/mol. The molecule has 0 spiro atoms. The van der Waals surface area contributed by atoms with Crippen molar-refractivity contribution in [3.05, 3.63) is 24.2 Å². The lowest BCUT2D eigenvalue weighted by Gasteiger charge is -1.85. The monoisotopic (exact) mass is 146 g/mol. The molecule has 0 atom stereocenters. The van der Waals surface area contributed by atoms with E-state index in [9.17, 15) is 4.79 Å². The topological polar surface area (TPSA) is 39.4 Å². The maximum Gasteiger partial charge on any atom is 0.392 e. The minimum atomic E-state index is -0.679. The van der Waals surface area contributed by atoms with Crippen LogP contribution in [0.2, 0.25) is 0 Å².